The Balaban J connectivity index is 1.19. The van der Waals surface area contributed by atoms with Crippen LogP contribution in [0.5, 0.6) is 0 Å². The number of Topliss-reactive ketones (excluding diaryl/α,β-unsaturated/α-hetero) is 1. The molecule has 6 aliphatic rings. The van der Waals surface area contributed by atoms with Crippen LogP contribution in [0.1, 0.15) is 131 Å². The molecule has 1 aromatic rings. The molecule has 0 heterocycles. The molecule has 0 amide bonds. The monoisotopic (exact) mass is 787 g/mol. The maximum Gasteiger partial charge on any atom is 0.160 e. The maximum atomic E-state index is 14.4. The molecule has 3 saturated carbocycles. The van der Waals surface area contributed by atoms with E-state index in [-0.39, 0.29) is 27.6 Å². The molecule has 6 aliphatic carbocycles. The van der Waals surface area contributed by atoms with Gasteiger partial charge in [-0.05, 0) is 170 Å². The van der Waals surface area contributed by atoms with Crippen molar-refractivity contribution in [1.29, 1.82) is 0 Å². The fraction of sp³-hybridized carbons (Fsp3) is 0.740. The Hall–Kier alpha value is -1.76. The van der Waals surface area contributed by atoms with Crippen LogP contribution in [0.3, 0.4) is 0 Å². The molecule has 56 heavy (non-hydrogen) atoms. The Bertz CT molecular complexity index is 1720. The first-order valence-corrected chi connectivity index (χ1v) is 22.9. The van der Waals surface area contributed by atoms with Crippen molar-refractivity contribution in [2.45, 2.75) is 138 Å². The second kappa shape index (κ2) is 15.7. The standard InChI is InChI=1S/C50H75ClN2O3/c1-33(2)44-40(55)30-50(43(56)32-53(28-27-52(8)9)31-35-12-16-37(51)17-13-35)26-25-48(6)39(45(44)50)18-19-42-47(5)23-20-38(36-14-10-34(11-15-36)22-29-54)46(3,4)41(47)21-24-49(42,48)7/h12-14,16-17,20,33-34,39,41-43,54,56H,10-11,15,18-19,21-32H2,1-9H3/t34?,39-,41?,42-,43?,47?,48-,49-,50+/m1/s1. The number of fused-ring (bicyclic) bond motifs is 7. The Labute approximate surface area is 345 Å². The summed E-state index contributed by atoms with van der Waals surface area (Å²) in [6, 6.07) is 8.12. The minimum Gasteiger partial charge on any atom is -0.396 e. The van der Waals surface area contributed by atoms with Gasteiger partial charge in [-0.25, -0.2) is 0 Å². The molecule has 310 valence electrons. The van der Waals surface area contributed by atoms with Crippen LogP contribution in [0, 0.1) is 56.7 Å². The highest BCUT2D eigenvalue weighted by Gasteiger charge is 2.70. The molecule has 6 heteroatoms. The van der Waals surface area contributed by atoms with Gasteiger partial charge in [0.2, 0.25) is 0 Å². The Morgan fingerprint density at radius 3 is 2.27 bits per heavy atom. The summed E-state index contributed by atoms with van der Waals surface area (Å²) in [4.78, 5) is 19.0. The van der Waals surface area contributed by atoms with Crippen molar-refractivity contribution in [2.75, 3.05) is 40.3 Å². The number of likely N-dealkylation sites (N-methyl/N-ethyl adjacent to an activating group) is 1. The van der Waals surface area contributed by atoms with Crippen LogP contribution in [-0.2, 0) is 11.3 Å². The van der Waals surface area contributed by atoms with E-state index in [9.17, 15) is 15.0 Å². The average Bonchev–Trinajstić information content (AvgIpc) is 3.45. The maximum absolute atomic E-state index is 14.4. The summed E-state index contributed by atoms with van der Waals surface area (Å²) in [6.07, 6.45) is 17.4. The van der Waals surface area contributed by atoms with Gasteiger partial charge < -0.3 is 15.1 Å². The van der Waals surface area contributed by atoms with Crippen molar-refractivity contribution in [3.63, 3.8) is 0 Å². The van der Waals surface area contributed by atoms with E-state index in [4.69, 9.17) is 11.6 Å². The highest BCUT2D eigenvalue weighted by atomic mass is 35.5. The zero-order valence-electron chi connectivity index (χ0n) is 36.5. The third kappa shape index (κ3) is 6.97. The summed E-state index contributed by atoms with van der Waals surface area (Å²) < 4.78 is 0. The molecular formula is C50H75ClN2O3. The lowest BCUT2D eigenvalue weighted by Gasteiger charge is -2.71. The van der Waals surface area contributed by atoms with Gasteiger partial charge in [0.05, 0.1) is 6.10 Å². The SMILES string of the molecule is CC(C)C1=C2[C@H]3CC[C@@H]4C5(C)CC=C(C6=CCC(CCO)CC6)C(C)(C)C5CC[C@@]4(C)[C@]3(C)CC[C@@]2(C(O)CN(CCN(C)C)Cc2ccc(Cl)cc2)CC1=O. The van der Waals surface area contributed by atoms with Crippen LogP contribution in [0.15, 0.2) is 58.7 Å². The number of halogens is 1. The number of hydrogen-bond donors (Lipinski definition) is 2. The van der Waals surface area contributed by atoms with E-state index in [2.05, 4.69) is 96.6 Å². The van der Waals surface area contributed by atoms with E-state index in [0.717, 1.165) is 75.2 Å². The number of ketones is 1. The topological polar surface area (TPSA) is 64.0 Å². The molecule has 2 N–H and O–H groups in total. The molecule has 3 fully saturated rings. The van der Waals surface area contributed by atoms with Crippen LogP contribution in [0.2, 0.25) is 5.02 Å². The number of benzene rings is 1. The van der Waals surface area contributed by atoms with Gasteiger partial charge in [0.25, 0.3) is 0 Å². The number of hydrogen-bond acceptors (Lipinski definition) is 5. The zero-order valence-corrected chi connectivity index (χ0v) is 37.3. The predicted octanol–water partition coefficient (Wildman–Crippen LogP) is 10.7. The first-order valence-electron chi connectivity index (χ1n) is 22.5. The van der Waals surface area contributed by atoms with Crippen LogP contribution < -0.4 is 0 Å². The molecule has 0 bridgehead atoms. The Morgan fingerprint density at radius 1 is 0.893 bits per heavy atom. The highest BCUT2D eigenvalue weighted by molar-refractivity contribution is 6.30. The summed E-state index contributed by atoms with van der Waals surface area (Å²) in [7, 11) is 4.22. The summed E-state index contributed by atoms with van der Waals surface area (Å²) in [5.74, 6) is 2.67. The van der Waals surface area contributed by atoms with Crippen LogP contribution >= 0.6 is 11.6 Å². The lowest BCUT2D eigenvalue weighted by Crippen LogP contribution is -2.65. The molecule has 7 rings (SSSR count). The van der Waals surface area contributed by atoms with Crippen molar-refractivity contribution >= 4 is 17.4 Å². The van der Waals surface area contributed by atoms with Gasteiger partial charge in [0.15, 0.2) is 5.78 Å². The van der Waals surface area contributed by atoms with Gasteiger partial charge in [-0.15, -0.1) is 0 Å². The van der Waals surface area contributed by atoms with Gasteiger partial charge in [-0.3, -0.25) is 9.69 Å². The van der Waals surface area contributed by atoms with E-state index >= 15 is 0 Å². The number of aliphatic hydroxyl groups excluding tert-OH is 2. The van der Waals surface area contributed by atoms with Gasteiger partial charge in [0, 0.05) is 49.6 Å². The van der Waals surface area contributed by atoms with E-state index in [0.29, 0.717) is 49.0 Å². The minimum absolute atomic E-state index is 0.0723. The smallest absolute Gasteiger partial charge is 0.160 e. The Kier molecular flexibility index (Phi) is 11.9. The number of rotatable bonds is 12. The minimum atomic E-state index is -0.605. The van der Waals surface area contributed by atoms with E-state index in [1.54, 1.807) is 11.1 Å². The summed E-state index contributed by atoms with van der Waals surface area (Å²) >= 11 is 6.26. The third-order valence-electron chi connectivity index (χ3n) is 17.7. The molecule has 5 nitrogen and oxygen atoms in total. The largest absolute Gasteiger partial charge is 0.396 e. The number of aliphatic hydroxyl groups is 2. The van der Waals surface area contributed by atoms with Crippen LogP contribution in [-0.4, -0.2) is 72.2 Å². The third-order valence-corrected chi connectivity index (χ3v) is 18.0. The second-order valence-electron chi connectivity index (χ2n) is 21.5. The molecule has 0 spiro atoms. The number of nitrogens with zero attached hydrogens (tertiary/aromatic N) is 2. The Morgan fingerprint density at radius 2 is 1.62 bits per heavy atom. The summed E-state index contributed by atoms with van der Waals surface area (Å²) in [6.45, 7) is 20.9. The number of allylic oxidation sites excluding steroid dienone is 5. The van der Waals surface area contributed by atoms with E-state index < -0.39 is 11.5 Å². The van der Waals surface area contributed by atoms with Crippen molar-refractivity contribution in [3.05, 3.63) is 69.3 Å². The van der Waals surface area contributed by atoms with E-state index in [1.807, 2.05) is 12.1 Å². The molecule has 4 unspecified atom stereocenters. The summed E-state index contributed by atoms with van der Waals surface area (Å²) in [5, 5.41) is 23.0. The molecule has 0 aliphatic heterocycles. The molecule has 0 radical (unpaired) electrons. The number of carbonyl (C=O) groups excluding carboxylic acids is 1. The average molecular weight is 788 g/mol. The van der Waals surface area contributed by atoms with Gasteiger partial charge in [-0.2, -0.15) is 0 Å². The van der Waals surface area contributed by atoms with Gasteiger partial charge in [0.1, 0.15) is 0 Å². The molecule has 0 saturated heterocycles. The quantitative estimate of drug-likeness (QED) is 0.221. The lowest BCUT2D eigenvalue weighted by atomic mass is 9.33. The number of carbonyl (C=O) groups is 1. The van der Waals surface area contributed by atoms with Crippen LogP contribution in [0.4, 0.5) is 0 Å². The molecule has 9 atom stereocenters. The summed E-state index contributed by atoms with van der Waals surface area (Å²) in [5.41, 5.74) is 6.94. The van der Waals surface area contributed by atoms with Gasteiger partial charge >= 0.3 is 0 Å². The zero-order chi connectivity index (χ0) is 40.4. The van der Waals surface area contributed by atoms with Crippen LogP contribution in [0.25, 0.3) is 0 Å². The van der Waals surface area contributed by atoms with Crippen molar-refractivity contribution < 1.29 is 15.0 Å². The van der Waals surface area contributed by atoms with Gasteiger partial charge in [-0.1, -0.05) is 89.9 Å². The van der Waals surface area contributed by atoms with Crippen molar-refractivity contribution in [3.8, 4) is 0 Å². The molecule has 0 aromatic heterocycles. The molecular weight excluding hydrogens is 712 g/mol. The normalized spacial score (nSPS) is 37.2. The predicted molar refractivity (Wildman–Crippen MR) is 231 cm³/mol. The first-order chi connectivity index (χ1) is 26.4. The lowest BCUT2D eigenvalue weighted by molar-refractivity contribution is -0.202. The highest BCUT2D eigenvalue weighted by Crippen LogP contribution is 2.77. The van der Waals surface area contributed by atoms with E-state index in [1.165, 1.54) is 36.8 Å². The van der Waals surface area contributed by atoms with Crippen molar-refractivity contribution in [2.24, 2.45) is 56.7 Å². The fourth-order valence-electron chi connectivity index (χ4n) is 14.7. The molecule has 1 aromatic carbocycles. The first kappa shape index (κ1) is 42.4. The fourth-order valence-corrected chi connectivity index (χ4v) is 14.8. The second-order valence-corrected chi connectivity index (χ2v) is 21.9. The van der Waals surface area contributed by atoms with Crippen molar-refractivity contribution in [1.82, 2.24) is 9.80 Å².